The van der Waals surface area contributed by atoms with Crippen LogP contribution in [0.15, 0.2) is 48.5 Å². The van der Waals surface area contributed by atoms with Crippen LogP contribution in [-0.4, -0.2) is 33.7 Å². The molecule has 3 rings (SSSR count). The van der Waals surface area contributed by atoms with Gasteiger partial charge in [0.15, 0.2) is 10.6 Å². The first kappa shape index (κ1) is 24.2. The summed E-state index contributed by atoms with van der Waals surface area (Å²) in [6.07, 6.45) is 0.720. The van der Waals surface area contributed by atoms with Crippen LogP contribution in [0.5, 0.6) is 5.75 Å². The first-order valence-corrected chi connectivity index (χ1v) is 11.2. The van der Waals surface area contributed by atoms with Crippen molar-refractivity contribution >= 4 is 29.7 Å². The Morgan fingerprint density at radius 3 is 2.61 bits per heavy atom. The number of hydrogen-bond donors (Lipinski definition) is 3. The van der Waals surface area contributed by atoms with E-state index >= 15 is 0 Å². The monoisotopic (exact) mass is 467 g/mol. The summed E-state index contributed by atoms with van der Waals surface area (Å²) >= 11 is 5.34. The van der Waals surface area contributed by atoms with Gasteiger partial charge in [-0.3, -0.25) is 19.3 Å². The maximum atomic E-state index is 12.5. The molecule has 2 amide bonds. The lowest BCUT2D eigenvalue weighted by Crippen LogP contribution is -2.24. The molecule has 1 aromatic heterocycles. The molecule has 2 aromatic carbocycles. The number of aromatic nitrogens is 3. The second-order valence-corrected chi connectivity index (χ2v) is 8.49. The van der Waals surface area contributed by atoms with Crippen LogP contribution in [-0.2, 0) is 22.7 Å². The van der Waals surface area contributed by atoms with E-state index in [4.69, 9.17) is 17.0 Å². The fraction of sp³-hybridized carbons (Fsp3) is 0.333. The van der Waals surface area contributed by atoms with Crippen LogP contribution in [0.3, 0.4) is 0 Å². The summed E-state index contributed by atoms with van der Waals surface area (Å²) in [6.45, 7) is 4.77. The van der Waals surface area contributed by atoms with Crippen molar-refractivity contribution in [3.05, 3.63) is 58.9 Å². The smallest absolute Gasteiger partial charge is 0.224 e. The molecule has 0 radical (unpaired) electrons. The van der Waals surface area contributed by atoms with E-state index < -0.39 is 0 Å². The topological polar surface area (TPSA) is 101 Å². The second-order valence-electron chi connectivity index (χ2n) is 8.11. The van der Waals surface area contributed by atoms with Crippen LogP contribution in [0.4, 0.5) is 5.69 Å². The molecular formula is C24H29N5O3S. The number of H-pyrrole nitrogens is 1. The second kappa shape index (κ2) is 11.4. The Kier molecular flexibility index (Phi) is 8.37. The summed E-state index contributed by atoms with van der Waals surface area (Å²) in [5, 5.41) is 12.9. The Labute approximate surface area is 198 Å². The molecule has 0 bridgehead atoms. The molecule has 0 aliphatic rings. The first-order valence-electron chi connectivity index (χ1n) is 10.8. The van der Waals surface area contributed by atoms with E-state index in [2.05, 4.69) is 20.8 Å². The number of nitrogens with one attached hydrogen (secondary N) is 3. The van der Waals surface area contributed by atoms with Gasteiger partial charge in [-0.05, 0) is 60.1 Å². The molecule has 0 saturated carbocycles. The SMILES string of the molecule is COc1ccc(-c2n[nH]c(=S)n2CCC(=O)NCc2cccc(NC(=O)CC(C)C)c2)cc1. The highest BCUT2D eigenvalue weighted by atomic mass is 32.1. The van der Waals surface area contributed by atoms with E-state index in [0.29, 0.717) is 36.0 Å². The molecule has 0 spiro atoms. The van der Waals surface area contributed by atoms with Gasteiger partial charge in [0.05, 0.1) is 7.11 Å². The Morgan fingerprint density at radius 2 is 1.91 bits per heavy atom. The molecule has 3 aromatic rings. The predicted molar refractivity (Wildman–Crippen MR) is 130 cm³/mol. The normalized spacial score (nSPS) is 10.8. The van der Waals surface area contributed by atoms with Crippen molar-refractivity contribution in [1.29, 1.82) is 0 Å². The van der Waals surface area contributed by atoms with Crippen LogP contribution >= 0.6 is 12.2 Å². The van der Waals surface area contributed by atoms with Crippen LogP contribution in [0.25, 0.3) is 11.4 Å². The van der Waals surface area contributed by atoms with Gasteiger partial charge in [0.1, 0.15) is 5.75 Å². The zero-order valence-corrected chi connectivity index (χ0v) is 19.9. The number of hydrogen-bond acceptors (Lipinski definition) is 5. The van der Waals surface area contributed by atoms with Gasteiger partial charge in [-0.15, -0.1) is 0 Å². The third kappa shape index (κ3) is 7.01. The minimum Gasteiger partial charge on any atom is -0.497 e. The van der Waals surface area contributed by atoms with Crippen molar-refractivity contribution in [3.8, 4) is 17.1 Å². The molecule has 0 unspecified atom stereocenters. The van der Waals surface area contributed by atoms with Gasteiger partial charge in [-0.25, -0.2) is 0 Å². The Bertz CT molecular complexity index is 1150. The lowest BCUT2D eigenvalue weighted by atomic mass is 10.1. The number of benzene rings is 2. The van der Waals surface area contributed by atoms with E-state index in [9.17, 15) is 9.59 Å². The predicted octanol–water partition coefficient (Wildman–Crippen LogP) is 4.31. The van der Waals surface area contributed by atoms with Crippen molar-refractivity contribution in [2.24, 2.45) is 5.92 Å². The van der Waals surface area contributed by atoms with Gasteiger partial charge in [0, 0.05) is 37.2 Å². The van der Waals surface area contributed by atoms with Crippen molar-refractivity contribution in [2.45, 2.75) is 39.8 Å². The quantitative estimate of drug-likeness (QED) is 0.386. The van der Waals surface area contributed by atoms with Crippen molar-refractivity contribution in [1.82, 2.24) is 20.1 Å². The minimum atomic E-state index is -0.104. The highest BCUT2D eigenvalue weighted by Crippen LogP contribution is 2.21. The molecule has 0 aliphatic heterocycles. The average Bonchev–Trinajstić information content (AvgIpc) is 3.16. The van der Waals surface area contributed by atoms with Crippen LogP contribution in [0.2, 0.25) is 0 Å². The number of aromatic amines is 1. The summed E-state index contributed by atoms with van der Waals surface area (Å²) in [5.41, 5.74) is 2.51. The zero-order valence-electron chi connectivity index (χ0n) is 19.1. The molecule has 174 valence electrons. The van der Waals surface area contributed by atoms with Gasteiger partial charge in [0.25, 0.3) is 0 Å². The molecule has 0 fully saturated rings. The number of anilines is 1. The van der Waals surface area contributed by atoms with E-state index in [1.54, 1.807) is 7.11 Å². The maximum Gasteiger partial charge on any atom is 0.224 e. The molecule has 9 heteroatoms. The van der Waals surface area contributed by atoms with Gasteiger partial charge >= 0.3 is 0 Å². The average molecular weight is 468 g/mol. The summed E-state index contributed by atoms with van der Waals surface area (Å²) in [6, 6.07) is 15.0. The molecule has 0 aliphatic carbocycles. The molecule has 3 N–H and O–H groups in total. The molecule has 33 heavy (non-hydrogen) atoms. The first-order chi connectivity index (χ1) is 15.9. The lowest BCUT2D eigenvalue weighted by molar-refractivity contribution is -0.121. The van der Waals surface area contributed by atoms with Crippen molar-refractivity contribution in [3.63, 3.8) is 0 Å². The van der Waals surface area contributed by atoms with Gasteiger partial charge in [0.2, 0.25) is 11.8 Å². The lowest BCUT2D eigenvalue weighted by Gasteiger charge is -2.10. The molecule has 8 nitrogen and oxygen atoms in total. The summed E-state index contributed by atoms with van der Waals surface area (Å²) in [7, 11) is 1.61. The Hall–Kier alpha value is -3.46. The van der Waals surface area contributed by atoms with E-state index in [1.165, 1.54) is 0 Å². The number of rotatable bonds is 10. The molecule has 0 saturated heterocycles. The third-order valence-corrected chi connectivity index (χ3v) is 5.27. The Morgan fingerprint density at radius 1 is 1.15 bits per heavy atom. The summed E-state index contributed by atoms with van der Waals surface area (Å²) < 4.78 is 7.46. The highest BCUT2D eigenvalue weighted by Gasteiger charge is 2.11. The Balaban J connectivity index is 1.55. The number of nitrogens with zero attached hydrogens (tertiary/aromatic N) is 2. The zero-order chi connectivity index (χ0) is 23.8. The standard InChI is InChI=1S/C24H29N5O3S/c1-16(2)13-22(31)26-19-6-4-5-17(14-19)15-25-21(30)11-12-29-23(27-28-24(29)33)18-7-9-20(32-3)10-8-18/h4-10,14,16H,11-13,15H2,1-3H3,(H,25,30)(H,26,31)(H,28,33). The largest absolute Gasteiger partial charge is 0.497 e. The summed E-state index contributed by atoms with van der Waals surface area (Å²) in [4.78, 5) is 24.4. The fourth-order valence-corrected chi connectivity index (χ4v) is 3.55. The van der Waals surface area contributed by atoms with Gasteiger partial charge in [-0.2, -0.15) is 5.10 Å². The van der Waals surface area contributed by atoms with Crippen molar-refractivity contribution in [2.75, 3.05) is 12.4 Å². The van der Waals surface area contributed by atoms with E-state index in [1.807, 2.05) is 66.9 Å². The number of carbonyl (C=O) groups excluding carboxylic acids is 2. The van der Waals surface area contributed by atoms with Crippen LogP contribution in [0, 0.1) is 10.7 Å². The number of amides is 2. The molecular weight excluding hydrogens is 438 g/mol. The van der Waals surface area contributed by atoms with Gasteiger partial charge in [-0.1, -0.05) is 26.0 Å². The minimum absolute atomic E-state index is 0.0179. The van der Waals surface area contributed by atoms with Crippen LogP contribution < -0.4 is 15.4 Å². The molecule has 0 atom stereocenters. The maximum absolute atomic E-state index is 12.5. The van der Waals surface area contributed by atoms with Crippen LogP contribution in [0.1, 0.15) is 32.3 Å². The fourth-order valence-electron chi connectivity index (χ4n) is 3.33. The number of ether oxygens (including phenoxy) is 1. The third-order valence-electron chi connectivity index (χ3n) is 4.96. The summed E-state index contributed by atoms with van der Waals surface area (Å²) in [5.74, 6) is 1.59. The highest BCUT2D eigenvalue weighted by molar-refractivity contribution is 7.71. The van der Waals surface area contributed by atoms with Gasteiger partial charge < -0.3 is 15.4 Å². The van der Waals surface area contributed by atoms with E-state index in [-0.39, 0.29) is 18.2 Å². The number of methoxy groups -OCH3 is 1. The van der Waals surface area contributed by atoms with E-state index in [0.717, 1.165) is 22.6 Å². The van der Waals surface area contributed by atoms with Crippen molar-refractivity contribution < 1.29 is 14.3 Å². The molecule has 1 heterocycles. The number of carbonyl (C=O) groups is 2.